The van der Waals surface area contributed by atoms with Crippen LogP contribution in [0.2, 0.25) is 0 Å². The fourth-order valence-electron chi connectivity index (χ4n) is 1.33. The normalized spacial score (nSPS) is 11.6. The lowest BCUT2D eigenvalue weighted by Gasteiger charge is -2.14. The van der Waals surface area contributed by atoms with Gasteiger partial charge in [0.15, 0.2) is 5.78 Å². The van der Waals surface area contributed by atoms with E-state index < -0.39 is 18.4 Å². The minimum absolute atomic E-state index is 0.0291. The van der Waals surface area contributed by atoms with Gasteiger partial charge in [-0.1, -0.05) is 12.1 Å². The Morgan fingerprint density at radius 3 is 2.41 bits per heavy atom. The predicted molar refractivity (Wildman–Crippen MR) is 57.2 cm³/mol. The summed E-state index contributed by atoms with van der Waals surface area (Å²) < 4.78 is 41.7. The van der Waals surface area contributed by atoms with Crippen molar-refractivity contribution in [3.63, 3.8) is 0 Å². The van der Waals surface area contributed by atoms with E-state index in [1.54, 1.807) is 19.9 Å². The first-order valence-corrected chi connectivity index (χ1v) is 5.15. The molecule has 0 bridgehead atoms. The monoisotopic (exact) mass is 246 g/mol. The van der Waals surface area contributed by atoms with Crippen molar-refractivity contribution < 1.29 is 22.7 Å². The smallest absolute Gasteiger partial charge is 0.396 e. The summed E-state index contributed by atoms with van der Waals surface area (Å²) in [7, 11) is 0. The fraction of sp³-hybridized carbons (Fsp3) is 0.417. The van der Waals surface area contributed by atoms with Crippen molar-refractivity contribution in [2.24, 2.45) is 0 Å². The van der Waals surface area contributed by atoms with Crippen LogP contribution in [-0.4, -0.2) is 18.1 Å². The first-order valence-electron chi connectivity index (χ1n) is 5.15. The van der Waals surface area contributed by atoms with Crippen molar-refractivity contribution in [2.75, 3.05) is 0 Å². The van der Waals surface area contributed by atoms with Crippen LogP contribution in [0.5, 0.6) is 5.75 Å². The molecule has 0 unspecified atom stereocenters. The molecule has 0 aliphatic rings. The molecule has 0 heterocycles. The van der Waals surface area contributed by atoms with Gasteiger partial charge in [0.1, 0.15) is 12.2 Å². The van der Waals surface area contributed by atoms with E-state index >= 15 is 0 Å². The van der Waals surface area contributed by atoms with Gasteiger partial charge in [0.2, 0.25) is 0 Å². The number of benzene rings is 1. The van der Waals surface area contributed by atoms with Gasteiger partial charge >= 0.3 is 6.18 Å². The topological polar surface area (TPSA) is 26.3 Å². The third kappa shape index (κ3) is 4.46. The molecule has 0 fully saturated rings. The van der Waals surface area contributed by atoms with Gasteiger partial charge in [0, 0.05) is 0 Å². The maximum Gasteiger partial charge on any atom is 0.396 e. The molecule has 5 heteroatoms. The maximum atomic E-state index is 12.1. The molecule has 1 aromatic rings. The Bertz CT molecular complexity index is 397. The number of Topliss-reactive ketones (excluding diaryl/α,β-unsaturated/α-hetero) is 1. The van der Waals surface area contributed by atoms with Gasteiger partial charge in [0.25, 0.3) is 0 Å². The molecule has 0 amide bonds. The number of carbonyl (C=O) groups is 1. The highest BCUT2D eigenvalue weighted by molar-refractivity contribution is 5.99. The number of rotatable bonds is 4. The Labute approximate surface area is 97.4 Å². The average Bonchev–Trinajstić information content (AvgIpc) is 2.14. The zero-order valence-corrected chi connectivity index (χ0v) is 9.54. The summed E-state index contributed by atoms with van der Waals surface area (Å²) in [6.07, 6.45) is -6.16. The molecule has 2 nitrogen and oxygen atoms in total. The van der Waals surface area contributed by atoms with E-state index in [1.807, 2.05) is 0 Å². The third-order valence-corrected chi connectivity index (χ3v) is 1.91. The Balaban J connectivity index is 2.93. The molecule has 0 spiro atoms. The third-order valence-electron chi connectivity index (χ3n) is 1.91. The van der Waals surface area contributed by atoms with Crippen molar-refractivity contribution in [3.8, 4) is 5.75 Å². The Hall–Kier alpha value is -1.52. The van der Waals surface area contributed by atoms with Crippen molar-refractivity contribution >= 4 is 5.78 Å². The van der Waals surface area contributed by atoms with E-state index in [1.165, 1.54) is 18.2 Å². The summed E-state index contributed by atoms with van der Waals surface area (Å²) in [4.78, 5) is 11.5. The average molecular weight is 246 g/mol. The van der Waals surface area contributed by atoms with Gasteiger partial charge in [-0.05, 0) is 26.0 Å². The van der Waals surface area contributed by atoms with Crippen LogP contribution in [-0.2, 0) is 0 Å². The molecular weight excluding hydrogens is 233 g/mol. The lowest BCUT2D eigenvalue weighted by atomic mass is 10.1. The number of carbonyl (C=O) groups excluding carboxylic acids is 1. The molecule has 0 aromatic heterocycles. The first kappa shape index (κ1) is 13.5. The largest absolute Gasteiger partial charge is 0.490 e. The van der Waals surface area contributed by atoms with Crippen LogP contribution in [0.4, 0.5) is 13.2 Å². The highest BCUT2D eigenvalue weighted by Crippen LogP contribution is 2.26. The minimum atomic E-state index is -4.50. The Morgan fingerprint density at radius 1 is 1.29 bits per heavy atom. The number of hydrogen-bond donors (Lipinski definition) is 0. The minimum Gasteiger partial charge on any atom is -0.490 e. The fourth-order valence-corrected chi connectivity index (χ4v) is 1.33. The summed E-state index contributed by atoms with van der Waals surface area (Å²) in [5.41, 5.74) is -0.0291. The number of para-hydroxylation sites is 1. The molecule has 0 saturated heterocycles. The second-order valence-electron chi connectivity index (χ2n) is 3.88. The molecule has 0 aliphatic heterocycles. The van der Waals surface area contributed by atoms with Crippen LogP contribution in [0.25, 0.3) is 0 Å². The van der Waals surface area contributed by atoms with Gasteiger partial charge in [-0.2, -0.15) is 13.2 Å². The molecule has 0 N–H and O–H groups in total. The molecule has 17 heavy (non-hydrogen) atoms. The molecule has 0 aliphatic carbocycles. The molecule has 0 saturated carbocycles. The first-order chi connectivity index (χ1) is 7.79. The summed E-state index contributed by atoms with van der Waals surface area (Å²) in [5.74, 6) is -0.787. The maximum absolute atomic E-state index is 12.1. The van der Waals surface area contributed by atoms with E-state index in [2.05, 4.69) is 0 Å². The summed E-state index contributed by atoms with van der Waals surface area (Å²) in [6, 6.07) is 5.95. The molecule has 0 atom stereocenters. The zero-order valence-electron chi connectivity index (χ0n) is 9.54. The number of hydrogen-bond acceptors (Lipinski definition) is 2. The van der Waals surface area contributed by atoms with Crippen LogP contribution < -0.4 is 4.74 Å². The highest BCUT2D eigenvalue weighted by Gasteiger charge is 2.32. The number of alkyl halides is 3. The number of halogens is 3. The molecule has 1 rings (SSSR count). The summed E-state index contributed by atoms with van der Waals surface area (Å²) in [5, 5.41) is 0. The lowest BCUT2D eigenvalue weighted by Crippen LogP contribution is -2.16. The van der Waals surface area contributed by atoms with Crippen LogP contribution in [0.1, 0.15) is 30.6 Å². The number of ketones is 1. The van der Waals surface area contributed by atoms with Crippen LogP contribution in [0.3, 0.4) is 0 Å². The summed E-state index contributed by atoms with van der Waals surface area (Å²) in [6.45, 7) is 3.48. The van der Waals surface area contributed by atoms with E-state index in [0.717, 1.165) is 0 Å². The van der Waals surface area contributed by atoms with E-state index in [9.17, 15) is 18.0 Å². The summed E-state index contributed by atoms with van der Waals surface area (Å²) >= 11 is 0. The SMILES string of the molecule is CC(C)Oc1ccccc1C(=O)CC(F)(F)F. The van der Waals surface area contributed by atoms with Gasteiger partial charge < -0.3 is 4.74 Å². The Kier molecular flexibility index (Phi) is 4.15. The van der Waals surface area contributed by atoms with Gasteiger partial charge in [0.05, 0.1) is 11.7 Å². The standard InChI is InChI=1S/C12H13F3O2/c1-8(2)17-11-6-4-3-5-9(11)10(16)7-12(13,14)15/h3-6,8H,7H2,1-2H3. The second-order valence-corrected chi connectivity index (χ2v) is 3.88. The Morgan fingerprint density at radius 2 is 1.88 bits per heavy atom. The zero-order chi connectivity index (χ0) is 13.1. The second kappa shape index (κ2) is 5.21. The van der Waals surface area contributed by atoms with E-state index in [4.69, 9.17) is 4.74 Å². The lowest BCUT2D eigenvalue weighted by molar-refractivity contribution is -0.125. The van der Waals surface area contributed by atoms with Gasteiger partial charge in [-0.3, -0.25) is 4.79 Å². The van der Waals surface area contributed by atoms with E-state index in [-0.39, 0.29) is 17.4 Å². The van der Waals surface area contributed by atoms with Gasteiger partial charge in [-0.15, -0.1) is 0 Å². The van der Waals surface area contributed by atoms with Crippen molar-refractivity contribution in [2.45, 2.75) is 32.5 Å². The molecule has 0 radical (unpaired) electrons. The van der Waals surface area contributed by atoms with Crippen LogP contribution in [0.15, 0.2) is 24.3 Å². The van der Waals surface area contributed by atoms with E-state index in [0.29, 0.717) is 0 Å². The molecular formula is C12H13F3O2. The molecule has 94 valence electrons. The van der Waals surface area contributed by atoms with Gasteiger partial charge in [-0.25, -0.2) is 0 Å². The predicted octanol–water partition coefficient (Wildman–Crippen LogP) is 3.61. The van der Waals surface area contributed by atoms with Crippen LogP contribution >= 0.6 is 0 Å². The van der Waals surface area contributed by atoms with Crippen molar-refractivity contribution in [3.05, 3.63) is 29.8 Å². The quantitative estimate of drug-likeness (QED) is 0.758. The molecule has 1 aromatic carbocycles. The van der Waals surface area contributed by atoms with Crippen molar-refractivity contribution in [1.82, 2.24) is 0 Å². The number of ether oxygens (including phenoxy) is 1. The van der Waals surface area contributed by atoms with Crippen molar-refractivity contribution in [1.29, 1.82) is 0 Å². The highest BCUT2D eigenvalue weighted by atomic mass is 19.4. The van der Waals surface area contributed by atoms with Crippen LogP contribution in [0, 0.1) is 0 Å².